The third-order valence-electron chi connectivity index (χ3n) is 4.05. The van der Waals surface area contributed by atoms with Gasteiger partial charge in [-0.2, -0.15) is 4.68 Å². The van der Waals surface area contributed by atoms with E-state index in [1.807, 2.05) is 6.92 Å². The average Bonchev–Trinajstić information content (AvgIpc) is 3.00. The Morgan fingerprint density at radius 3 is 2.95 bits per heavy atom. The van der Waals surface area contributed by atoms with Crippen molar-refractivity contribution in [1.29, 1.82) is 0 Å². The summed E-state index contributed by atoms with van der Waals surface area (Å²) in [6.07, 6.45) is 4.95. The van der Waals surface area contributed by atoms with Crippen LogP contribution in [-0.2, 0) is 19.3 Å². The van der Waals surface area contributed by atoms with E-state index >= 15 is 0 Å². The zero-order chi connectivity index (χ0) is 14.3. The molecule has 0 radical (unpaired) electrons. The first-order valence-electron chi connectivity index (χ1n) is 7.11. The Labute approximate surface area is 122 Å². The highest BCUT2D eigenvalue weighted by Gasteiger charge is 2.25. The molecule has 20 heavy (non-hydrogen) atoms. The van der Waals surface area contributed by atoms with Crippen LogP contribution in [0.2, 0.25) is 0 Å². The Morgan fingerprint density at radius 2 is 2.20 bits per heavy atom. The fraction of sp³-hybridized carbons (Fsp3) is 0.467. The summed E-state index contributed by atoms with van der Waals surface area (Å²) >= 11 is 1.63. The Balaban J connectivity index is 2.09. The molecule has 2 aromatic rings. The summed E-state index contributed by atoms with van der Waals surface area (Å²) in [5.74, 6) is 0.509. The fourth-order valence-electron chi connectivity index (χ4n) is 2.95. The smallest absolute Gasteiger partial charge is 0.279 e. The van der Waals surface area contributed by atoms with Crippen LogP contribution in [0.1, 0.15) is 51.8 Å². The van der Waals surface area contributed by atoms with E-state index < -0.39 is 0 Å². The highest BCUT2D eigenvalue weighted by Crippen LogP contribution is 2.29. The third-order valence-corrected chi connectivity index (χ3v) is 5.01. The van der Waals surface area contributed by atoms with Gasteiger partial charge in [-0.05, 0) is 50.0 Å². The standard InChI is InChI=1S/C15H19N3OS/c1-3-10-8-20-9(2)13(10)15(19)18-12-7-5-4-6-11(12)14(16)17-18/h8H,3-7H2,1-2H3,(H2,16,17). The highest BCUT2D eigenvalue weighted by molar-refractivity contribution is 7.10. The van der Waals surface area contributed by atoms with Crippen molar-refractivity contribution in [3.8, 4) is 0 Å². The van der Waals surface area contributed by atoms with Crippen LogP contribution in [0.15, 0.2) is 5.38 Å². The molecular formula is C15H19N3OS. The molecule has 0 saturated carbocycles. The van der Waals surface area contributed by atoms with Crippen molar-refractivity contribution in [2.75, 3.05) is 5.73 Å². The SMILES string of the molecule is CCc1csc(C)c1C(=O)n1nc(N)c2c1CCCC2. The summed E-state index contributed by atoms with van der Waals surface area (Å²) in [6.45, 7) is 4.07. The van der Waals surface area contributed by atoms with Gasteiger partial charge in [-0.1, -0.05) is 6.92 Å². The Hall–Kier alpha value is -1.62. The second kappa shape index (κ2) is 5.05. The number of nitrogen functional groups attached to an aromatic ring is 1. The van der Waals surface area contributed by atoms with Gasteiger partial charge in [0, 0.05) is 10.4 Å². The molecule has 0 aliphatic heterocycles. The topological polar surface area (TPSA) is 60.9 Å². The Kier molecular flexibility index (Phi) is 3.38. The molecular weight excluding hydrogens is 270 g/mol. The van der Waals surface area contributed by atoms with Crippen molar-refractivity contribution >= 4 is 23.1 Å². The second-order valence-electron chi connectivity index (χ2n) is 5.28. The van der Waals surface area contributed by atoms with E-state index in [0.717, 1.165) is 59.4 Å². The summed E-state index contributed by atoms with van der Waals surface area (Å²) in [6, 6.07) is 0. The molecule has 0 aromatic carbocycles. The minimum atomic E-state index is -0.0181. The summed E-state index contributed by atoms with van der Waals surface area (Å²) in [5.41, 5.74) is 10.0. The number of nitrogens with two attached hydrogens (primary N) is 1. The van der Waals surface area contributed by atoms with E-state index in [1.165, 1.54) is 0 Å². The molecule has 3 rings (SSSR count). The van der Waals surface area contributed by atoms with E-state index in [9.17, 15) is 4.79 Å². The van der Waals surface area contributed by atoms with E-state index in [0.29, 0.717) is 5.82 Å². The van der Waals surface area contributed by atoms with Gasteiger partial charge in [-0.3, -0.25) is 4.79 Å². The normalized spacial score (nSPS) is 14.3. The highest BCUT2D eigenvalue weighted by atomic mass is 32.1. The maximum Gasteiger partial charge on any atom is 0.279 e. The minimum absolute atomic E-state index is 0.0181. The summed E-state index contributed by atoms with van der Waals surface area (Å²) in [4.78, 5) is 13.9. The lowest BCUT2D eigenvalue weighted by molar-refractivity contribution is 0.0940. The van der Waals surface area contributed by atoms with Crippen LogP contribution in [0.25, 0.3) is 0 Å². The summed E-state index contributed by atoms with van der Waals surface area (Å²) < 4.78 is 1.55. The molecule has 0 spiro atoms. The number of hydrogen-bond acceptors (Lipinski definition) is 4. The minimum Gasteiger partial charge on any atom is -0.382 e. The zero-order valence-electron chi connectivity index (χ0n) is 11.9. The van der Waals surface area contributed by atoms with E-state index in [-0.39, 0.29) is 5.91 Å². The van der Waals surface area contributed by atoms with Gasteiger partial charge in [0.25, 0.3) is 5.91 Å². The molecule has 0 atom stereocenters. The summed E-state index contributed by atoms with van der Waals surface area (Å²) in [5, 5.41) is 6.39. The van der Waals surface area contributed by atoms with E-state index in [4.69, 9.17) is 5.73 Å². The number of aryl methyl sites for hydroxylation is 2. The quantitative estimate of drug-likeness (QED) is 0.924. The zero-order valence-corrected chi connectivity index (χ0v) is 12.7. The number of carbonyl (C=O) groups is 1. The number of anilines is 1. The van der Waals surface area contributed by atoms with Crippen molar-refractivity contribution in [2.24, 2.45) is 0 Å². The molecule has 0 amide bonds. The molecule has 4 nitrogen and oxygen atoms in total. The number of aromatic nitrogens is 2. The van der Waals surface area contributed by atoms with Crippen LogP contribution in [0.5, 0.6) is 0 Å². The van der Waals surface area contributed by atoms with Gasteiger partial charge >= 0.3 is 0 Å². The Bertz CT molecular complexity index is 669. The van der Waals surface area contributed by atoms with Gasteiger partial charge in [0.15, 0.2) is 0 Å². The van der Waals surface area contributed by atoms with Crippen LogP contribution in [0, 0.1) is 6.92 Å². The molecule has 5 heteroatoms. The predicted molar refractivity (Wildman–Crippen MR) is 81.4 cm³/mol. The van der Waals surface area contributed by atoms with E-state index in [2.05, 4.69) is 17.4 Å². The van der Waals surface area contributed by atoms with Gasteiger partial charge in [0.2, 0.25) is 0 Å². The van der Waals surface area contributed by atoms with Gasteiger partial charge in [-0.15, -0.1) is 16.4 Å². The molecule has 0 unspecified atom stereocenters. The van der Waals surface area contributed by atoms with Gasteiger partial charge in [0.1, 0.15) is 5.82 Å². The Morgan fingerprint density at radius 1 is 1.45 bits per heavy atom. The number of thiophene rings is 1. The maximum absolute atomic E-state index is 12.8. The van der Waals surface area contributed by atoms with Crippen LogP contribution in [-0.4, -0.2) is 15.7 Å². The van der Waals surface area contributed by atoms with Crippen LogP contribution in [0.4, 0.5) is 5.82 Å². The first kappa shape index (κ1) is 13.4. The second-order valence-corrected chi connectivity index (χ2v) is 6.36. The largest absolute Gasteiger partial charge is 0.382 e. The van der Waals surface area contributed by atoms with Crippen LogP contribution >= 0.6 is 11.3 Å². The first-order valence-corrected chi connectivity index (χ1v) is 7.99. The number of carbonyl (C=O) groups excluding carboxylic acids is 1. The summed E-state index contributed by atoms with van der Waals surface area (Å²) in [7, 11) is 0. The van der Waals surface area contributed by atoms with Gasteiger partial charge < -0.3 is 5.73 Å². The van der Waals surface area contributed by atoms with Crippen molar-refractivity contribution in [3.63, 3.8) is 0 Å². The molecule has 2 aromatic heterocycles. The maximum atomic E-state index is 12.8. The number of rotatable bonds is 2. The fourth-order valence-corrected chi connectivity index (χ4v) is 3.89. The molecule has 1 aliphatic carbocycles. The molecule has 1 aliphatic rings. The molecule has 2 heterocycles. The molecule has 0 fully saturated rings. The lowest BCUT2D eigenvalue weighted by atomic mass is 9.97. The van der Waals surface area contributed by atoms with Gasteiger partial charge in [-0.25, -0.2) is 0 Å². The van der Waals surface area contributed by atoms with Crippen LogP contribution in [0.3, 0.4) is 0 Å². The lowest BCUT2D eigenvalue weighted by Crippen LogP contribution is -2.19. The third kappa shape index (κ3) is 1.97. The van der Waals surface area contributed by atoms with Crippen molar-refractivity contribution in [2.45, 2.75) is 46.0 Å². The van der Waals surface area contributed by atoms with Gasteiger partial charge in [0.05, 0.1) is 11.3 Å². The van der Waals surface area contributed by atoms with Crippen molar-refractivity contribution in [3.05, 3.63) is 32.6 Å². The average molecular weight is 289 g/mol. The molecule has 2 N–H and O–H groups in total. The molecule has 0 bridgehead atoms. The number of nitrogens with zero attached hydrogens (tertiary/aromatic N) is 2. The first-order chi connectivity index (χ1) is 9.63. The number of fused-ring (bicyclic) bond motifs is 1. The van der Waals surface area contributed by atoms with Crippen molar-refractivity contribution < 1.29 is 4.79 Å². The van der Waals surface area contributed by atoms with Crippen LogP contribution < -0.4 is 5.73 Å². The molecule has 106 valence electrons. The van der Waals surface area contributed by atoms with E-state index in [1.54, 1.807) is 16.0 Å². The molecule has 0 saturated heterocycles. The lowest BCUT2D eigenvalue weighted by Gasteiger charge is -2.13. The number of hydrogen-bond donors (Lipinski definition) is 1. The predicted octanol–water partition coefficient (Wildman–Crippen LogP) is 2.96. The van der Waals surface area contributed by atoms with Crippen molar-refractivity contribution in [1.82, 2.24) is 9.78 Å². The monoisotopic (exact) mass is 289 g/mol.